The summed E-state index contributed by atoms with van der Waals surface area (Å²) >= 11 is 0. The zero-order valence-corrected chi connectivity index (χ0v) is 9.01. The third kappa shape index (κ3) is 3.93. The monoisotopic (exact) mass is 182 g/mol. The van der Waals surface area contributed by atoms with Crippen molar-refractivity contribution in [1.29, 1.82) is 0 Å². The van der Waals surface area contributed by atoms with E-state index in [0.717, 1.165) is 25.7 Å². The van der Waals surface area contributed by atoms with Gasteiger partial charge in [0.2, 0.25) is 0 Å². The van der Waals surface area contributed by atoms with E-state index in [9.17, 15) is 4.79 Å². The second-order valence-electron chi connectivity index (χ2n) is 4.75. The van der Waals surface area contributed by atoms with Gasteiger partial charge in [-0.3, -0.25) is 4.79 Å². The van der Waals surface area contributed by atoms with Crippen LogP contribution in [-0.2, 0) is 4.79 Å². The lowest BCUT2D eigenvalue weighted by atomic mass is 9.84. The molecule has 0 saturated heterocycles. The molecule has 0 aromatic heterocycles. The molecule has 0 aromatic carbocycles. The van der Waals surface area contributed by atoms with Crippen molar-refractivity contribution in [1.82, 2.24) is 0 Å². The summed E-state index contributed by atoms with van der Waals surface area (Å²) in [6, 6.07) is 0. The maximum Gasteiger partial charge on any atom is 0.135 e. The van der Waals surface area contributed by atoms with Crippen LogP contribution in [0.5, 0.6) is 0 Å². The van der Waals surface area contributed by atoms with Crippen LogP contribution in [-0.4, -0.2) is 5.78 Å². The summed E-state index contributed by atoms with van der Waals surface area (Å²) in [7, 11) is 0. The van der Waals surface area contributed by atoms with E-state index in [1.807, 2.05) is 0 Å². The third-order valence-corrected chi connectivity index (χ3v) is 2.94. The van der Waals surface area contributed by atoms with Crippen molar-refractivity contribution >= 4 is 5.78 Å². The van der Waals surface area contributed by atoms with E-state index in [0.29, 0.717) is 17.6 Å². The number of hydrogen-bond donors (Lipinski definition) is 0. The lowest BCUT2D eigenvalue weighted by Crippen LogP contribution is -2.18. The number of carbonyl (C=O) groups is 1. The van der Waals surface area contributed by atoms with Gasteiger partial charge in [-0.15, -0.1) is 0 Å². The summed E-state index contributed by atoms with van der Waals surface area (Å²) < 4.78 is 0. The summed E-state index contributed by atoms with van der Waals surface area (Å²) in [5, 5.41) is 0. The summed E-state index contributed by atoms with van der Waals surface area (Å²) in [6.07, 6.45) is 8.10. The molecule has 0 N–H and O–H groups in total. The first kappa shape index (κ1) is 10.7. The van der Waals surface area contributed by atoms with Gasteiger partial charge in [0.25, 0.3) is 0 Å². The van der Waals surface area contributed by atoms with E-state index < -0.39 is 0 Å². The molecular weight excluding hydrogens is 160 g/mol. The van der Waals surface area contributed by atoms with E-state index in [1.54, 1.807) is 0 Å². The smallest absolute Gasteiger partial charge is 0.135 e. The molecule has 0 aromatic rings. The highest BCUT2D eigenvalue weighted by Crippen LogP contribution is 2.24. The van der Waals surface area contributed by atoms with E-state index >= 15 is 0 Å². The number of carbonyl (C=O) groups excluding carboxylic acids is 1. The fourth-order valence-electron chi connectivity index (χ4n) is 2.23. The summed E-state index contributed by atoms with van der Waals surface area (Å²) in [6.45, 7) is 4.43. The Labute approximate surface area is 81.9 Å². The first-order valence-electron chi connectivity index (χ1n) is 5.73. The average molecular weight is 182 g/mol. The SMILES string of the molecule is CC(C)CC1CCCCCCC1=O. The molecule has 1 saturated carbocycles. The van der Waals surface area contributed by atoms with E-state index in [4.69, 9.17) is 0 Å². The minimum absolute atomic E-state index is 0.389. The molecule has 0 spiro atoms. The molecule has 1 rings (SSSR count). The van der Waals surface area contributed by atoms with Crippen molar-refractivity contribution in [2.45, 2.75) is 58.8 Å². The molecule has 0 heterocycles. The zero-order chi connectivity index (χ0) is 9.68. The molecule has 1 aliphatic rings. The highest BCUT2D eigenvalue weighted by atomic mass is 16.1. The highest BCUT2D eigenvalue weighted by Gasteiger charge is 2.20. The molecule has 0 radical (unpaired) electrons. The van der Waals surface area contributed by atoms with Crippen molar-refractivity contribution in [3.63, 3.8) is 0 Å². The van der Waals surface area contributed by atoms with Gasteiger partial charge >= 0.3 is 0 Å². The van der Waals surface area contributed by atoms with E-state index in [2.05, 4.69) is 13.8 Å². The molecule has 76 valence electrons. The topological polar surface area (TPSA) is 17.1 Å². The van der Waals surface area contributed by atoms with Gasteiger partial charge in [-0.05, 0) is 25.2 Å². The standard InChI is InChI=1S/C12H22O/c1-10(2)9-11-7-5-3-4-6-8-12(11)13/h10-11H,3-9H2,1-2H3. The maximum atomic E-state index is 11.7. The zero-order valence-electron chi connectivity index (χ0n) is 9.01. The average Bonchev–Trinajstić information content (AvgIpc) is 2.04. The Morgan fingerprint density at radius 2 is 1.92 bits per heavy atom. The van der Waals surface area contributed by atoms with Crippen LogP contribution < -0.4 is 0 Å². The molecule has 0 bridgehead atoms. The molecular formula is C12H22O. The fourth-order valence-corrected chi connectivity index (χ4v) is 2.23. The van der Waals surface area contributed by atoms with E-state index in [-0.39, 0.29) is 0 Å². The van der Waals surface area contributed by atoms with Crippen LogP contribution in [0, 0.1) is 11.8 Å². The maximum absolute atomic E-state index is 11.7. The minimum Gasteiger partial charge on any atom is -0.299 e. The van der Waals surface area contributed by atoms with E-state index in [1.165, 1.54) is 19.3 Å². The molecule has 1 atom stereocenters. The Bertz CT molecular complexity index is 161. The van der Waals surface area contributed by atoms with Crippen LogP contribution in [0.25, 0.3) is 0 Å². The predicted octanol–water partition coefficient (Wildman–Crippen LogP) is 3.57. The van der Waals surface area contributed by atoms with Crippen molar-refractivity contribution in [3.05, 3.63) is 0 Å². The van der Waals surface area contributed by atoms with Crippen LogP contribution in [0.3, 0.4) is 0 Å². The Kier molecular flexibility index (Phi) is 4.47. The second kappa shape index (κ2) is 5.41. The first-order valence-corrected chi connectivity index (χ1v) is 5.73. The van der Waals surface area contributed by atoms with Crippen LogP contribution in [0.1, 0.15) is 58.8 Å². The molecule has 1 heteroatoms. The van der Waals surface area contributed by atoms with Crippen molar-refractivity contribution in [2.24, 2.45) is 11.8 Å². The molecule has 13 heavy (non-hydrogen) atoms. The number of Topliss-reactive ketones (excluding diaryl/α,β-unsaturated/α-hetero) is 1. The second-order valence-corrected chi connectivity index (χ2v) is 4.75. The molecule has 0 amide bonds. The van der Waals surface area contributed by atoms with Gasteiger partial charge in [-0.2, -0.15) is 0 Å². The number of hydrogen-bond acceptors (Lipinski definition) is 1. The Hall–Kier alpha value is -0.330. The number of rotatable bonds is 2. The highest BCUT2D eigenvalue weighted by molar-refractivity contribution is 5.80. The van der Waals surface area contributed by atoms with Gasteiger partial charge < -0.3 is 0 Å². The van der Waals surface area contributed by atoms with Crippen LogP contribution >= 0.6 is 0 Å². The van der Waals surface area contributed by atoms with Gasteiger partial charge in [0.1, 0.15) is 5.78 Å². The molecule has 0 aliphatic heterocycles. The fraction of sp³-hybridized carbons (Fsp3) is 0.917. The molecule has 1 unspecified atom stereocenters. The van der Waals surface area contributed by atoms with Crippen molar-refractivity contribution in [2.75, 3.05) is 0 Å². The van der Waals surface area contributed by atoms with Crippen molar-refractivity contribution in [3.8, 4) is 0 Å². The predicted molar refractivity (Wildman–Crippen MR) is 55.7 cm³/mol. The van der Waals surface area contributed by atoms with Crippen LogP contribution in [0.2, 0.25) is 0 Å². The largest absolute Gasteiger partial charge is 0.299 e. The quantitative estimate of drug-likeness (QED) is 0.638. The third-order valence-electron chi connectivity index (χ3n) is 2.94. The molecule has 1 aliphatic carbocycles. The van der Waals surface area contributed by atoms with Gasteiger partial charge in [0.05, 0.1) is 0 Å². The Morgan fingerprint density at radius 1 is 1.23 bits per heavy atom. The Morgan fingerprint density at radius 3 is 2.62 bits per heavy atom. The van der Waals surface area contributed by atoms with Gasteiger partial charge in [-0.25, -0.2) is 0 Å². The lowest BCUT2D eigenvalue weighted by Gasteiger charge is -2.19. The summed E-state index contributed by atoms with van der Waals surface area (Å²) in [5.41, 5.74) is 0. The minimum atomic E-state index is 0.389. The molecule has 1 fully saturated rings. The number of ketones is 1. The van der Waals surface area contributed by atoms with Crippen LogP contribution in [0.4, 0.5) is 0 Å². The molecule has 1 nitrogen and oxygen atoms in total. The van der Waals surface area contributed by atoms with Crippen molar-refractivity contribution < 1.29 is 4.79 Å². The summed E-state index contributed by atoms with van der Waals surface area (Å²) in [5.74, 6) is 1.60. The lowest BCUT2D eigenvalue weighted by molar-refractivity contribution is -0.124. The normalized spacial score (nSPS) is 25.8. The van der Waals surface area contributed by atoms with Crippen LogP contribution in [0.15, 0.2) is 0 Å². The summed E-state index contributed by atoms with van der Waals surface area (Å²) in [4.78, 5) is 11.7. The van der Waals surface area contributed by atoms with Gasteiger partial charge in [-0.1, -0.05) is 33.1 Å². The van der Waals surface area contributed by atoms with Gasteiger partial charge in [0.15, 0.2) is 0 Å². The Balaban J connectivity index is 2.41. The van der Waals surface area contributed by atoms with Gasteiger partial charge in [0, 0.05) is 12.3 Å². The first-order chi connectivity index (χ1) is 6.20.